The second kappa shape index (κ2) is 19.1. The maximum atomic E-state index is 10.9. The van der Waals surface area contributed by atoms with Gasteiger partial charge in [-0.25, -0.2) is 33.7 Å². The van der Waals surface area contributed by atoms with Crippen LogP contribution in [0.15, 0.2) is 12.1 Å². The quantitative estimate of drug-likeness (QED) is 0.0684. The van der Waals surface area contributed by atoms with Crippen molar-refractivity contribution in [2.45, 2.75) is 23.0 Å². The van der Waals surface area contributed by atoms with Crippen molar-refractivity contribution in [3.8, 4) is 0 Å². The third-order valence-corrected chi connectivity index (χ3v) is 5.51. The molecule has 0 fully saturated rings. The topological polar surface area (TPSA) is 539 Å². The molecule has 24 nitrogen and oxygen atoms in total. The van der Waals surface area contributed by atoms with Crippen molar-refractivity contribution >= 4 is 64.3 Å². The van der Waals surface area contributed by atoms with Crippen LogP contribution in [0.3, 0.4) is 0 Å². The monoisotopic (exact) mass is 690 g/mol. The fourth-order valence-electron chi connectivity index (χ4n) is 2.09. The summed E-state index contributed by atoms with van der Waals surface area (Å²) in [6.45, 7) is 0. The van der Waals surface area contributed by atoms with Gasteiger partial charge in [-0.2, -0.15) is 0 Å². The van der Waals surface area contributed by atoms with Crippen molar-refractivity contribution in [2.75, 3.05) is 0 Å². The van der Waals surface area contributed by atoms with E-state index in [1.807, 2.05) is 0 Å². The Morgan fingerprint density at radius 2 is 0.524 bits per heavy atom. The van der Waals surface area contributed by atoms with E-state index in [4.69, 9.17) is 0 Å². The molecule has 0 aliphatic carbocycles. The molecular weight excluding hydrogens is 656 g/mol. The van der Waals surface area contributed by atoms with Crippen molar-refractivity contribution in [2.24, 2.45) is 45.9 Å². The molecule has 42 heavy (non-hydrogen) atoms. The van der Waals surface area contributed by atoms with Gasteiger partial charge in [-0.3, -0.25) is 67.5 Å². The molecule has 1 rings (SSSR count). The summed E-state index contributed by atoms with van der Waals surface area (Å²) in [7, 11) is -20.1. The standard InChI is InChI=1S/C10H14O12S4.4CH5N3/c11-23(12,13)3-7-1-8(4-24(14,15)16)10(6-26(20,21)22)2-9(7)5-25(17,18)19;4*2-1(3)4/h1-2H,3-6H2,(H,11,12,13)(H,14,15,16)(H,17,18,19)(H,20,21,22);4*(H5,2,3,4). The average molecular weight is 691 g/mol. The first kappa shape index (κ1) is 44.9. The summed E-state index contributed by atoms with van der Waals surface area (Å²) >= 11 is 0. The minimum atomic E-state index is -5.02. The summed E-state index contributed by atoms with van der Waals surface area (Å²) in [6.07, 6.45) is 0. The lowest BCUT2D eigenvalue weighted by molar-refractivity contribution is -0.117. The summed E-state index contributed by atoms with van der Waals surface area (Å²) in [4.78, 5) is 0. The first-order chi connectivity index (χ1) is 18.3. The SMILES string of the molecule is NC(N)=[NH2+].NC(N)=[NH2+].NC(N)=[NH2+].NC(N)=[NH2+].O=S(=O)([O-])Cc1cc(CS(=O)(=O)[O-])c(CS(=O)(=O)[O-])cc1CS(=O)(=O)[O-]. The van der Waals surface area contributed by atoms with Gasteiger partial charge in [-0.1, -0.05) is 12.1 Å². The Bertz CT molecular complexity index is 1280. The van der Waals surface area contributed by atoms with E-state index in [9.17, 15) is 51.9 Å². The van der Waals surface area contributed by atoms with E-state index < -0.39 is 85.7 Å². The fourth-order valence-corrected chi connectivity index (χ4v) is 4.69. The molecule has 0 aromatic heterocycles. The lowest BCUT2D eigenvalue weighted by Crippen LogP contribution is -2.51. The van der Waals surface area contributed by atoms with E-state index in [0.717, 1.165) is 0 Å². The molecule has 0 aliphatic rings. The van der Waals surface area contributed by atoms with Crippen molar-refractivity contribution in [1.82, 2.24) is 0 Å². The van der Waals surface area contributed by atoms with Crippen LogP contribution < -0.4 is 67.5 Å². The third-order valence-electron chi connectivity index (χ3n) is 2.85. The summed E-state index contributed by atoms with van der Waals surface area (Å²) in [5.41, 5.74) is 34.2. The predicted molar refractivity (Wildman–Crippen MR) is 141 cm³/mol. The number of rotatable bonds is 8. The van der Waals surface area contributed by atoms with Crippen LogP contribution in [-0.2, 0) is 63.5 Å². The maximum absolute atomic E-state index is 10.9. The highest BCUT2D eigenvalue weighted by Gasteiger charge is 2.17. The lowest BCUT2D eigenvalue weighted by atomic mass is 10.0. The number of hydrogen-bond donors (Lipinski definition) is 12. The first-order valence-corrected chi connectivity index (χ1v) is 16.0. The molecule has 0 aliphatic heterocycles. The Morgan fingerprint density at radius 3 is 0.595 bits per heavy atom. The smallest absolute Gasteiger partial charge is 0.336 e. The molecule has 28 heteroatoms. The van der Waals surface area contributed by atoms with Gasteiger partial charge >= 0.3 is 23.8 Å². The van der Waals surface area contributed by atoms with Crippen molar-refractivity contribution in [3.63, 3.8) is 0 Å². The number of guanidine groups is 4. The Balaban J connectivity index is -0.000000369. The molecule has 246 valence electrons. The van der Waals surface area contributed by atoms with Crippen LogP contribution in [0, 0.1) is 0 Å². The highest BCUT2D eigenvalue weighted by molar-refractivity contribution is 7.85. The van der Waals surface area contributed by atoms with Gasteiger partial charge in [-0.15, -0.1) is 0 Å². The lowest BCUT2D eigenvalue weighted by Gasteiger charge is -2.20. The molecule has 0 spiro atoms. The maximum Gasteiger partial charge on any atom is 0.336 e. The van der Waals surface area contributed by atoms with E-state index in [1.165, 1.54) is 0 Å². The van der Waals surface area contributed by atoms with Gasteiger partial charge in [0.2, 0.25) is 0 Å². The number of benzene rings is 1. The Kier molecular flexibility index (Phi) is 20.5. The molecule has 0 atom stereocenters. The van der Waals surface area contributed by atoms with E-state index in [2.05, 4.69) is 67.5 Å². The zero-order valence-electron chi connectivity index (χ0n) is 21.4. The van der Waals surface area contributed by atoms with E-state index in [1.54, 1.807) is 0 Å². The minimum Gasteiger partial charge on any atom is -0.748 e. The van der Waals surface area contributed by atoms with Crippen molar-refractivity contribution in [3.05, 3.63) is 34.4 Å². The van der Waals surface area contributed by atoms with Crippen LogP contribution in [0.5, 0.6) is 0 Å². The summed E-state index contributed by atoms with van der Waals surface area (Å²) in [5.74, 6) is -5.75. The first-order valence-electron chi connectivity index (χ1n) is 9.69. The molecule has 0 unspecified atom stereocenters. The molecular formula is C14H34N12O12S4. The van der Waals surface area contributed by atoms with Crippen LogP contribution >= 0.6 is 0 Å². The molecule has 0 saturated heterocycles. The fraction of sp³-hybridized carbons (Fsp3) is 0.286. The van der Waals surface area contributed by atoms with E-state index >= 15 is 0 Å². The van der Waals surface area contributed by atoms with Gasteiger partial charge in [0.25, 0.3) is 0 Å². The van der Waals surface area contributed by atoms with Gasteiger partial charge in [0, 0.05) is 0 Å². The minimum absolute atomic E-state index is 0.0833. The number of nitrogens with two attached hydrogens (primary N) is 12. The van der Waals surface area contributed by atoms with Crippen LogP contribution in [0.25, 0.3) is 0 Å². The average Bonchev–Trinajstić information content (AvgIpc) is 2.58. The Morgan fingerprint density at radius 1 is 0.429 bits per heavy atom. The van der Waals surface area contributed by atoms with E-state index in [-0.39, 0.29) is 23.8 Å². The van der Waals surface area contributed by atoms with Gasteiger partial charge < -0.3 is 18.2 Å². The van der Waals surface area contributed by atoms with Gasteiger partial charge in [-0.05, 0) is 22.3 Å². The molecule has 24 N–H and O–H groups in total. The Labute approximate surface area is 240 Å². The van der Waals surface area contributed by atoms with Gasteiger partial charge in [0.05, 0.1) is 63.5 Å². The predicted octanol–water partition coefficient (Wildman–Crippen LogP) is -14.1. The van der Waals surface area contributed by atoms with Crippen LogP contribution in [0.4, 0.5) is 0 Å². The van der Waals surface area contributed by atoms with E-state index in [0.29, 0.717) is 12.1 Å². The highest BCUT2D eigenvalue weighted by Crippen LogP contribution is 2.24. The molecule has 0 bridgehead atoms. The normalized spacial score (nSPS) is 10.8. The molecule has 0 heterocycles. The van der Waals surface area contributed by atoms with Crippen LogP contribution in [-0.4, -0.2) is 75.7 Å². The zero-order chi connectivity index (χ0) is 34.9. The van der Waals surface area contributed by atoms with Crippen LogP contribution in [0.2, 0.25) is 0 Å². The molecule has 1 aromatic rings. The van der Waals surface area contributed by atoms with Gasteiger partial charge in [0.1, 0.15) is 0 Å². The second-order valence-corrected chi connectivity index (χ2v) is 12.8. The second-order valence-electron chi connectivity index (χ2n) is 7.20. The third kappa shape index (κ3) is 43.0. The van der Waals surface area contributed by atoms with Crippen molar-refractivity contribution < 1.29 is 73.5 Å². The molecule has 0 saturated carbocycles. The molecule has 0 radical (unpaired) electrons. The number of hydrogen-bond acceptors (Lipinski definition) is 12. The molecule has 1 aromatic carbocycles. The summed E-state index contributed by atoms with van der Waals surface area (Å²) < 4.78 is 131. The summed E-state index contributed by atoms with van der Waals surface area (Å²) in [6, 6.07) is 1.21. The Hall–Kier alpha value is -4.06. The van der Waals surface area contributed by atoms with Crippen molar-refractivity contribution in [1.29, 1.82) is 0 Å². The van der Waals surface area contributed by atoms with Gasteiger partial charge in [0.15, 0.2) is 0 Å². The highest BCUT2D eigenvalue weighted by atomic mass is 32.2. The summed E-state index contributed by atoms with van der Waals surface area (Å²) in [5, 5.41) is 18.3. The van der Waals surface area contributed by atoms with Crippen LogP contribution in [0.1, 0.15) is 22.3 Å². The molecule has 0 amide bonds. The largest absolute Gasteiger partial charge is 0.748 e. The zero-order valence-corrected chi connectivity index (χ0v) is 24.7.